The van der Waals surface area contributed by atoms with E-state index in [9.17, 15) is 4.79 Å². The topological polar surface area (TPSA) is 26.3 Å². The second kappa shape index (κ2) is 4.16. The first-order valence-electron chi connectivity index (χ1n) is 5.65. The van der Waals surface area contributed by atoms with E-state index < -0.39 is 0 Å². The second-order valence-electron chi connectivity index (χ2n) is 4.35. The number of fused-ring (bicyclic) bond motifs is 2. The highest BCUT2D eigenvalue weighted by atomic mass is 16.5. The normalized spacial score (nSPS) is 36.4. The molecule has 3 atom stereocenters. The van der Waals surface area contributed by atoms with Gasteiger partial charge < -0.3 is 4.74 Å². The zero-order valence-corrected chi connectivity index (χ0v) is 8.74. The van der Waals surface area contributed by atoms with Crippen LogP contribution in [0.3, 0.4) is 0 Å². The lowest BCUT2D eigenvalue weighted by Crippen LogP contribution is -2.31. The number of allylic oxidation sites excluding steroid dienone is 2. The van der Waals surface area contributed by atoms with Crippen LogP contribution >= 0.6 is 0 Å². The number of ether oxygens (including phenoxy) is 1. The molecule has 1 aliphatic heterocycles. The Morgan fingerprint density at radius 2 is 2.29 bits per heavy atom. The predicted octanol–water partition coefficient (Wildman–Crippen LogP) is 2.68. The SMILES string of the molecule is CC/C=C/C[C@H]1[C@@H]2CC[C@H]1OC(=O)C2. The van der Waals surface area contributed by atoms with E-state index in [1.165, 1.54) is 6.42 Å². The van der Waals surface area contributed by atoms with E-state index in [2.05, 4.69) is 19.1 Å². The second-order valence-corrected chi connectivity index (χ2v) is 4.35. The largest absolute Gasteiger partial charge is 0.462 e. The van der Waals surface area contributed by atoms with Crippen LogP contribution in [-0.2, 0) is 9.53 Å². The number of hydrogen-bond acceptors (Lipinski definition) is 2. The molecule has 2 heteroatoms. The number of carbonyl (C=O) groups is 1. The van der Waals surface area contributed by atoms with Gasteiger partial charge in [-0.25, -0.2) is 0 Å². The zero-order valence-electron chi connectivity index (χ0n) is 8.74. The Morgan fingerprint density at radius 1 is 1.43 bits per heavy atom. The first kappa shape index (κ1) is 9.75. The molecule has 2 rings (SSSR count). The van der Waals surface area contributed by atoms with Gasteiger partial charge >= 0.3 is 5.97 Å². The average Bonchev–Trinajstić information content (AvgIpc) is 2.42. The van der Waals surface area contributed by atoms with Crippen LogP contribution < -0.4 is 0 Å². The Kier molecular flexibility index (Phi) is 2.90. The van der Waals surface area contributed by atoms with Crippen LogP contribution in [-0.4, -0.2) is 12.1 Å². The van der Waals surface area contributed by atoms with Crippen LogP contribution in [0.2, 0.25) is 0 Å². The molecule has 0 N–H and O–H groups in total. The number of hydrogen-bond donors (Lipinski definition) is 0. The maximum Gasteiger partial charge on any atom is 0.306 e. The summed E-state index contributed by atoms with van der Waals surface area (Å²) in [5, 5.41) is 0. The van der Waals surface area contributed by atoms with Gasteiger partial charge in [0.05, 0.1) is 0 Å². The van der Waals surface area contributed by atoms with Gasteiger partial charge in [0.1, 0.15) is 6.10 Å². The molecule has 2 bridgehead atoms. The van der Waals surface area contributed by atoms with Crippen molar-refractivity contribution in [3.63, 3.8) is 0 Å². The molecule has 1 aliphatic carbocycles. The molecular formula is C12H18O2. The number of esters is 1. The maximum absolute atomic E-state index is 11.2. The van der Waals surface area contributed by atoms with Crippen molar-refractivity contribution in [3.05, 3.63) is 12.2 Å². The summed E-state index contributed by atoms with van der Waals surface area (Å²) in [5.74, 6) is 1.23. The van der Waals surface area contributed by atoms with Crippen molar-refractivity contribution in [2.24, 2.45) is 11.8 Å². The minimum Gasteiger partial charge on any atom is -0.462 e. The van der Waals surface area contributed by atoms with Crippen molar-refractivity contribution in [1.82, 2.24) is 0 Å². The summed E-state index contributed by atoms with van der Waals surface area (Å²) in [7, 11) is 0. The van der Waals surface area contributed by atoms with Crippen LogP contribution in [0, 0.1) is 11.8 Å². The molecule has 0 aromatic rings. The van der Waals surface area contributed by atoms with Crippen molar-refractivity contribution in [2.75, 3.05) is 0 Å². The van der Waals surface area contributed by atoms with Crippen molar-refractivity contribution < 1.29 is 9.53 Å². The fourth-order valence-electron chi connectivity index (χ4n) is 2.71. The predicted molar refractivity (Wildman–Crippen MR) is 54.8 cm³/mol. The summed E-state index contributed by atoms with van der Waals surface area (Å²) in [6, 6.07) is 0. The fraction of sp³-hybridized carbons (Fsp3) is 0.750. The van der Waals surface area contributed by atoms with Crippen molar-refractivity contribution in [3.8, 4) is 0 Å². The summed E-state index contributed by atoms with van der Waals surface area (Å²) >= 11 is 0. The van der Waals surface area contributed by atoms with Crippen molar-refractivity contribution >= 4 is 5.97 Å². The minimum atomic E-state index is 0.0215. The molecule has 0 radical (unpaired) electrons. The Morgan fingerprint density at radius 3 is 3.00 bits per heavy atom. The third-order valence-corrected chi connectivity index (χ3v) is 3.43. The molecule has 1 heterocycles. The Balaban J connectivity index is 1.94. The van der Waals surface area contributed by atoms with Gasteiger partial charge in [-0.05, 0) is 31.6 Å². The first-order chi connectivity index (χ1) is 6.81. The monoisotopic (exact) mass is 194 g/mol. The van der Waals surface area contributed by atoms with E-state index in [1.54, 1.807) is 0 Å². The van der Waals surface area contributed by atoms with Gasteiger partial charge in [0.25, 0.3) is 0 Å². The fourth-order valence-corrected chi connectivity index (χ4v) is 2.71. The molecule has 1 saturated carbocycles. The van der Waals surface area contributed by atoms with E-state index >= 15 is 0 Å². The standard InChI is InChI=1S/C12H18O2/c1-2-3-4-5-10-9-6-7-11(10)14-12(13)8-9/h3-4,9-11H,2,5-8H2,1H3/b4-3+/t9-,10+,11-/m1/s1. The third-order valence-electron chi connectivity index (χ3n) is 3.43. The zero-order chi connectivity index (χ0) is 9.97. The smallest absolute Gasteiger partial charge is 0.306 e. The summed E-state index contributed by atoms with van der Waals surface area (Å²) in [5.41, 5.74) is 0. The number of carbonyl (C=O) groups excluding carboxylic acids is 1. The molecule has 2 nitrogen and oxygen atoms in total. The van der Waals surface area contributed by atoms with Crippen LogP contribution in [0.15, 0.2) is 12.2 Å². The van der Waals surface area contributed by atoms with Gasteiger partial charge in [-0.1, -0.05) is 19.1 Å². The molecular weight excluding hydrogens is 176 g/mol. The highest BCUT2D eigenvalue weighted by Crippen LogP contribution is 2.42. The van der Waals surface area contributed by atoms with E-state index in [4.69, 9.17) is 4.74 Å². The highest BCUT2D eigenvalue weighted by Gasteiger charge is 2.42. The molecule has 2 aliphatic rings. The van der Waals surface area contributed by atoms with E-state index in [1.807, 2.05) is 0 Å². The molecule has 1 saturated heterocycles. The maximum atomic E-state index is 11.2. The molecule has 78 valence electrons. The molecule has 0 amide bonds. The van der Waals surface area contributed by atoms with Gasteiger partial charge in [-0.3, -0.25) is 4.79 Å². The first-order valence-corrected chi connectivity index (χ1v) is 5.65. The van der Waals surface area contributed by atoms with Gasteiger partial charge in [0.15, 0.2) is 0 Å². The molecule has 0 spiro atoms. The number of rotatable bonds is 3. The van der Waals surface area contributed by atoms with Crippen LogP contribution in [0.5, 0.6) is 0 Å². The van der Waals surface area contributed by atoms with E-state index in [0.29, 0.717) is 18.3 Å². The lowest BCUT2D eigenvalue weighted by atomic mass is 9.87. The summed E-state index contributed by atoms with van der Waals surface area (Å²) in [6.45, 7) is 2.14. The molecule has 14 heavy (non-hydrogen) atoms. The van der Waals surface area contributed by atoms with Crippen molar-refractivity contribution in [1.29, 1.82) is 0 Å². The van der Waals surface area contributed by atoms with Crippen molar-refractivity contribution in [2.45, 2.75) is 45.1 Å². The van der Waals surface area contributed by atoms with Crippen LogP contribution in [0.1, 0.15) is 39.0 Å². The Bertz CT molecular complexity index is 229. The summed E-state index contributed by atoms with van der Waals surface area (Å²) in [6.07, 6.45) is 9.79. The summed E-state index contributed by atoms with van der Waals surface area (Å²) in [4.78, 5) is 11.2. The highest BCUT2D eigenvalue weighted by molar-refractivity contribution is 5.71. The molecule has 0 aromatic carbocycles. The average molecular weight is 194 g/mol. The van der Waals surface area contributed by atoms with Gasteiger partial charge in [-0.2, -0.15) is 0 Å². The quantitative estimate of drug-likeness (QED) is 0.510. The lowest BCUT2D eigenvalue weighted by molar-refractivity contribution is -0.157. The van der Waals surface area contributed by atoms with E-state index in [0.717, 1.165) is 19.3 Å². The van der Waals surface area contributed by atoms with Crippen LogP contribution in [0.4, 0.5) is 0 Å². The molecule has 0 aromatic heterocycles. The Labute approximate surface area is 85.3 Å². The van der Waals surface area contributed by atoms with Gasteiger partial charge in [0.2, 0.25) is 0 Å². The summed E-state index contributed by atoms with van der Waals surface area (Å²) < 4.78 is 5.35. The van der Waals surface area contributed by atoms with Crippen LogP contribution in [0.25, 0.3) is 0 Å². The minimum absolute atomic E-state index is 0.0215. The lowest BCUT2D eigenvalue weighted by Gasteiger charge is -2.28. The van der Waals surface area contributed by atoms with Gasteiger partial charge in [-0.15, -0.1) is 0 Å². The molecule has 0 unspecified atom stereocenters. The van der Waals surface area contributed by atoms with Gasteiger partial charge in [0, 0.05) is 12.3 Å². The Hall–Kier alpha value is -0.790. The van der Waals surface area contributed by atoms with E-state index in [-0.39, 0.29) is 12.1 Å². The third kappa shape index (κ3) is 1.84. The molecule has 2 fully saturated rings.